The van der Waals surface area contributed by atoms with Crippen molar-refractivity contribution in [1.29, 1.82) is 0 Å². The Kier molecular flexibility index (Phi) is 3.92. The molecule has 8 heteroatoms. The van der Waals surface area contributed by atoms with E-state index in [1.54, 1.807) is 13.8 Å². The zero-order valence-electron chi connectivity index (χ0n) is 11.5. The van der Waals surface area contributed by atoms with Gasteiger partial charge in [-0.1, -0.05) is 6.92 Å². The summed E-state index contributed by atoms with van der Waals surface area (Å²) in [5.41, 5.74) is 0.783. The van der Waals surface area contributed by atoms with Crippen LogP contribution in [0, 0.1) is 24.0 Å². The summed E-state index contributed by atoms with van der Waals surface area (Å²) in [5.74, 6) is 0.654. The van der Waals surface area contributed by atoms with E-state index in [4.69, 9.17) is 4.74 Å². The molecule has 2 rings (SSSR count). The lowest BCUT2D eigenvalue weighted by molar-refractivity contribution is -0.385. The summed E-state index contributed by atoms with van der Waals surface area (Å²) >= 11 is 0. The standard InChI is InChI=1S/C12H15N5O3/c1-4-5-20-12-14-7(2)11(17(18)19)10(16-12)9-6-13-8(3)15-9/h6H,4-5H2,1-3H3,(H,13,15). The number of imidazole rings is 1. The molecule has 0 fully saturated rings. The highest BCUT2D eigenvalue weighted by atomic mass is 16.6. The van der Waals surface area contributed by atoms with Gasteiger partial charge in [0.05, 0.1) is 23.4 Å². The first-order valence-electron chi connectivity index (χ1n) is 6.20. The lowest BCUT2D eigenvalue weighted by Crippen LogP contribution is -2.06. The molecular formula is C12H15N5O3. The molecular weight excluding hydrogens is 262 g/mol. The molecule has 106 valence electrons. The Morgan fingerprint density at radius 1 is 1.40 bits per heavy atom. The number of hydrogen-bond donors (Lipinski definition) is 1. The van der Waals surface area contributed by atoms with Crippen molar-refractivity contribution in [1.82, 2.24) is 19.9 Å². The van der Waals surface area contributed by atoms with Crippen molar-refractivity contribution < 1.29 is 9.66 Å². The van der Waals surface area contributed by atoms with Crippen LogP contribution in [0.1, 0.15) is 24.9 Å². The SMILES string of the molecule is CCCOc1nc(C)c([N+](=O)[O-])c(-c2cnc(C)[nH]2)n1. The molecule has 0 bridgehead atoms. The molecule has 8 nitrogen and oxygen atoms in total. The van der Waals surface area contributed by atoms with Crippen molar-refractivity contribution in [2.45, 2.75) is 27.2 Å². The minimum atomic E-state index is -0.496. The highest BCUT2D eigenvalue weighted by Gasteiger charge is 2.24. The van der Waals surface area contributed by atoms with Crippen molar-refractivity contribution in [2.24, 2.45) is 0 Å². The molecule has 20 heavy (non-hydrogen) atoms. The smallest absolute Gasteiger partial charge is 0.318 e. The second-order valence-electron chi connectivity index (χ2n) is 4.28. The fraction of sp³-hybridized carbons (Fsp3) is 0.417. The minimum Gasteiger partial charge on any atom is -0.463 e. The minimum absolute atomic E-state index is 0.136. The Morgan fingerprint density at radius 3 is 2.70 bits per heavy atom. The highest BCUT2D eigenvalue weighted by Crippen LogP contribution is 2.30. The zero-order valence-corrected chi connectivity index (χ0v) is 11.5. The van der Waals surface area contributed by atoms with Crippen LogP contribution < -0.4 is 4.74 Å². The van der Waals surface area contributed by atoms with E-state index in [1.807, 2.05) is 6.92 Å². The van der Waals surface area contributed by atoms with Gasteiger partial charge in [0.2, 0.25) is 0 Å². The van der Waals surface area contributed by atoms with Crippen LogP contribution in [0.5, 0.6) is 6.01 Å². The van der Waals surface area contributed by atoms with Crippen molar-refractivity contribution in [2.75, 3.05) is 6.61 Å². The number of ether oxygens (including phenoxy) is 1. The number of H-pyrrole nitrogens is 1. The maximum Gasteiger partial charge on any atom is 0.318 e. The Bertz CT molecular complexity index is 638. The summed E-state index contributed by atoms with van der Waals surface area (Å²) in [7, 11) is 0. The maximum absolute atomic E-state index is 11.2. The molecule has 0 aliphatic rings. The summed E-state index contributed by atoms with van der Waals surface area (Å²) < 4.78 is 5.36. The molecule has 1 N–H and O–H groups in total. The number of hydrogen-bond acceptors (Lipinski definition) is 6. The molecule has 0 aliphatic carbocycles. The summed E-state index contributed by atoms with van der Waals surface area (Å²) in [6.45, 7) is 5.74. The highest BCUT2D eigenvalue weighted by molar-refractivity contribution is 5.67. The van der Waals surface area contributed by atoms with E-state index in [2.05, 4.69) is 19.9 Å². The molecule has 0 atom stereocenters. The second-order valence-corrected chi connectivity index (χ2v) is 4.28. The van der Waals surface area contributed by atoms with E-state index < -0.39 is 4.92 Å². The van der Waals surface area contributed by atoms with Crippen LogP contribution in [0.15, 0.2) is 6.20 Å². The summed E-state index contributed by atoms with van der Waals surface area (Å²) in [4.78, 5) is 25.8. The van der Waals surface area contributed by atoms with E-state index in [9.17, 15) is 10.1 Å². The van der Waals surface area contributed by atoms with Crippen LogP contribution in [-0.4, -0.2) is 31.5 Å². The van der Waals surface area contributed by atoms with Crippen LogP contribution in [0.25, 0.3) is 11.4 Å². The summed E-state index contributed by atoms with van der Waals surface area (Å²) in [6, 6.07) is 0.136. The van der Waals surface area contributed by atoms with Gasteiger partial charge in [0.1, 0.15) is 11.5 Å². The molecule has 0 aliphatic heterocycles. The number of rotatable bonds is 5. The predicted octanol–water partition coefficient (Wildman–Crippen LogP) is 2.18. The summed E-state index contributed by atoms with van der Waals surface area (Å²) in [6.07, 6.45) is 2.31. The summed E-state index contributed by atoms with van der Waals surface area (Å²) in [5, 5.41) is 11.2. The number of nitrogens with zero attached hydrogens (tertiary/aromatic N) is 4. The zero-order chi connectivity index (χ0) is 14.7. The monoisotopic (exact) mass is 277 g/mol. The average Bonchev–Trinajstić information content (AvgIpc) is 2.81. The number of aromatic nitrogens is 4. The third-order valence-electron chi connectivity index (χ3n) is 2.61. The Labute approximate surface area is 115 Å². The van der Waals surface area contributed by atoms with E-state index >= 15 is 0 Å². The molecule has 0 aromatic carbocycles. The molecule has 0 saturated carbocycles. The fourth-order valence-electron chi connectivity index (χ4n) is 1.75. The second kappa shape index (κ2) is 5.64. The molecule has 2 aromatic rings. The van der Waals surface area contributed by atoms with Crippen LogP contribution in [0.2, 0.25) is 0 Å². The van der Waals surface area contributed by atoms with Gasteiger partial charge >= 0.3 is 11.7 Å². The first-order chi connectivity index (χ1) is 9.52. The number of nitro groups is 1. The van der Waals surface area contributed by atoms with Gasteiger partial charge in [-0.25, -0.2) is 4.98 Å². The first kappa shape index (κ1) is 13.9. The van der Waals surface area contributed by atoms with Crippen molar-refractivity contribution in [3.63, 3.8) is 0 Å². The van der Waals surface area contributed by atoms with Crippen LogP contribution in [-0.2, 0) is 0 Å². The van der Waals surface area contributed by atoms with Crippen LogP contribution >= 0.6 is 0 Å². The molecule has 2 aromatic heterocycles. The van der Waals surface area contributed by atoms with Crippen molar-refractivity contribution in [3.05, 3.63) is 27.8 Å². The largest absolute Gasteiger partial charge is 0.463 e. The van der Waals surface area contributed by atoms with Gasteiger partial charge in [-0.05, 0) is 20.3 Å². The van der Waals surface area contributed by atoms with E-state index in [0.29, 0.717) is 18.1 Å². The van der Waals surface area contributed by atoms with Gasteiger partial charge in [0, 0.05) is 0 Å². The Hall–Kier alpha value is -2.51. The number of nitrogens with one attached hydrogen (secondary N) is 1. The topological polar surface area (TPSA) is 107 Å². The van der Waals surface area contributed by atoms with Gasteiger partial charge in [-0.2, -0.15) is 9.97 Å². The van der Waals surface area contributed by atoms with Crippen LogP contribution in [0.3, 0.4) is 0 Å². The van der Waals surface area contributed by atoms with Crippen molar-refractivity contribution in [3.8, 4) is 17.4 Å². The molecule has 0 radical (unpaired) electrons. The fourth-order valence-corrected chi connectivity index (χ4v) is 1.75. The Morgan fingerprint density at radius 2 is 2.15 bits per heavy atom. The number of aromatic amines is 1. The van der Waals surface area contributed by atoms with E-state index in [1.165, 1.54) is 6.20 Å². The van der Waals surface area contributed by atoms with Gasteiger partial charge in [0.25, 0.3) is 0 Å². The average molecular weight is 277 g/mol. The molecule has 0 unspecified atom stereocenters. The van der Waals surface area contributed by atoms with E-state index in [0.717, 1.165) is 6.42 Å². The van der Waals surface area contributed by atoms with Gasteiger partial charge in [-0.3, -0.25) is 10.1 Å². The number of aryl methyl sites for hydroxylation is 2. The molecule has 0 spiro atoms. The van der Waals surface area contributed by atoms with Gasteiger partial charge in [-0.15, -0.1) is 0 Å². The molecule has 0 amide bonds. The van der Waals surface area contributed by atoms with E-state index in [-0.39, 0.29) is 23.1 Å². The first-order valence-corrected chi connectivity index (χ1v) is 6.20. The van der Waals surface area contributed by atoms with Gasteiger partial charge < -0.3 is 9.72 Å². The van der Waals surface area contributed by atoms with Gasteiger partial charge in [0.15, 0.2) is 5.69 Å². The predicted molar refractivity (Wildman–Crippen MR) is 71.5 cm³/mol. The third-order valence-corrected chi connectivity index (χ3v) is 2.61. The van der Waals surface area contributed by atoms with Crippen molar-refractivity contribution >= 4 is 5.69 Å². The quantitative estimate of drug-likeness (QED) is 0.663. The molecule has 0 saturated heterocycles. The lowest BCUT2D eigenvalue weighted by atomic mass is 10.2. The third kappa shape index (κ3) is 2.73. The maximum atomic E-state index is 11.2. The van der Waals surface area contributed by atoms with Crippen LogP contribution in [0.4, 0.5) is 5.69 Å². The lowest BCUT2D eigenvalue weighted by Gasteiger charge is -2.07. The Balaban J connectivity index is 2.55. The molecule has 2 heterocycles. The normalized spacial score (nSPS) is 10.6.